The molecule has 0 radical (unpaired) electrons. The van der Waals surface area contributed by atoms with Crippen molar-refractivity contribution in [2.45, 2.75) is 45.0 Å². The van der Waals surface area contributed by atoms with Crippen molar-refractivity contribution in [3.05, 3.63) is 16.1 Å². The van der Waals surface area contributed by atoms with Crippen LogP contribution >= 0.6 is 11.3 Å². The van der Waals surface area contributed by atoms with Gasteiger partial charge in [-0.05, 0) is 45.2 Å². The van der Waals surface area contributed by atoms with Gasteiger partial charge in [-0.15, -0.1) is 11.3 Å². The number of likely N-dealkylation sites (tertiary alicyclic amines) is 1. The average molecular weight is 436 g/mol. The molecule has 1 aromatic heterocycles. The fraction of sp³-hybridized carbons (Fsp3) is 0.789. The van der Waals surface area contributed by atoms with Gasteiger partial charge >= 0.3 is 6.18 Å². The molecule has 1 N–H and O–H groups in total. The van der Waals surface area contributed by atoms with E-state index >= 15 is 0 Å². The SMILES string of the molecule is CN=C(NCCC1CCN(CC(F)(F)F)CC1)N(C)Cc1csc(C(C)OC)n1. The predicted molar refractivity (Wildman–Crippen MR) is 110 cm³/mol. The van der Waals surface area contributed by atoms with Crippen LogP contribution in [-0.4, -0.2) is 74.3 Å². The van der Waals surface area contributed by atoms with Crippen LogP contribution in [0.25, 0.3) is 0 Å². The van der Waals surface area contributed by atoms with Gasteiger partial charge in [-0.3, -0.25) is 9.89 Å². The summed E-state index contributed by atoms with van der Waals surface area (Å²) in [5, 5.41) is 6.35. The Morgan fingerprint density at radius 1 is 1.45 bits per heavy atom. The van der Waals surface area contributed by atoms with Gasteiger partial charge in [-0.1, -0.05) is 0 Å². The lowest BCUT2D eigenvalue weighted by molar-refractivity contribution is -0.148. The highest BCUT2D eigenvalue weighted by molar-refractivity contribution is 7.09. The Kier molecular flexibility index (Phi) is 9.16. The molecule has 0 aliphatic carbocycles. The van der Waals surface area contributed by atoms with Gasteiger partial charge in [0.2, 0.25) is 0 Å². The summed E-state index contributed by atoms with van der Waals surface area (Å²) in [6.45, 7) is 3.61. The number of aliphatic imine (C=N–C) groups is 1. The van der Waals surface area contributed by atoms with Crippen LogP contribution in [0.4, 0.5) is 13.2 Å². The molecule has 1 atom stereocenters. The minimum atomic E-state index is -4.11. The molecule has 1 fully saturated rings. The Balaban J connectivity index is 1.71. The molecular formula is C19H32F3N5OS. The van der Waals surface area contributed by atoms with Crippen LogP contribution in [0, 0.1) is 5.92 Å². The number of alkyl halides is 3. The normalized spacial score (nSPS) is 18.1. The molecule has 10 heteroatoms. The number of piperidine rings is 1. The smallest absolute Gasteiger partial charge is 0.375 e. The van der Waals surface area contributed by atoms with Crippen LogP contribution in [0.5, 0.6) is 0 Å². The molecule has 0 spiro atoms. The van der Waals surface area contributed by atoms with Crippen LogP contribution in [0.15, 0.2) is 10.4 Å². The first-order valence-corrected chi connectivity index (χ1v) is 10.8. The molecule has 0 bridgehead atoms. The van der Waals surface area contributed by atoms with Crippen LogP contribution < -0.4 is 5.32 Å². The maximum Gasteiger partial charge on any atom is 0.401 e. The number of hydrogen-bond donors (Lipinski definition) is 1. The number of guanidine groups is 1. The molecule has 1 aliphatic rings. The first-order valence-electron chi connectivity index (χ1n) is 9.89. The predicted octanol–water partition coefficient (Wildman–Crippen LogP) is 3.52. The summed E-state index contributed by atoms with van der Waals surface area (Å²) in [6.07, 6.45) is -1.57. The number of methoxy groups -OCH3 is 1. The van der Waals surface area contributed by atoms with E-state index in [4.69, 9.17) is 4.74 Å². The van der Waals surface area contributed by atoms with E-state index in [0.717, 1.165) is 42.5 Å². The molecule has 1 aromatic rings. The van der Waals surface area contributed by atoms with Crippen molar-refractivity contribution >= 4 is 17.3 Å². The van der Waals surface area contributed by atoms with E-state index in [1.54, 1.807) is 25.5 Å². The second-order valence-electron chi connectivity index (χ2n) is 7.51. The second kappa shape index (κ2) is 11.1. The molecule has 29 heavy (non-hydrogen) atoms. The van der Waals surface area contributed by atoms with Crippen molar-refractivity contribution in [1.29, 1.82) is 0 Å². The van der Waals surface area contributed by atoms with Crippen molar-refractivity contribution in [1.82, 2.24) is 20.1 Å². The highest BCUT2D eigenvalue weighted by Crippen LogP contribution is 2.24. The summed E-state index contributed by atoms with van der Waals surface area (Å²) < 4.78 is 42.7. The number of nitrogens with zero attached hydrogens (tertiary/aromatic N) is 4. The quantitative estimate of drug-likeness (QED) is 0.500. The lowest BCUT2D eigenvalue weighted by Gasteiger charge is -2.32. The van der Waals surface area contributed by atoms with Crippen molar-refractivity contribution in [2.24, 2.45) is 10.9 Å². The van der Waals surface area contributed by atoms with Crippen molar-refractivity contribution in [3.8, 4) is 0 Å². The van der Waals surface area contributed by atoms with Crippen LogP contribution in [0.1, 0.15) is 43.0 Å². The monoisotopic (exact) mass is 435 g/mol. The van der Waals surface area contributed by atoms with Gasteiger partial charge in [0.1, 0.15) is 11.1 Å². The maximum atomic E-state index is 12.5. The molecule has 1 unspecified atom stereocenters. The number of ether oxygens (including phenoxy) is 1. The Labute approximate surface area is 175 Å². The fourth-order valence-electron chi connectivity index (χ4n) is 3.46. The number of hydrogen-bond acceptors (Lipinski definition) is 5. The summed E-state index contributed by atoms with van der Waals surface area (Å²) in [6, 6.07) is 0. The molecule has 6 nitrogen and oxygen atoms in total. The van der Waals surface area contributed by atoms with Crippen molar-refractivity contribution < 1.29 is 17.9 Å². The average Bonchev–Trinajstić information content (AvgIpc) is 3.13. The lowest BCUT2D eigenvalue weighted by Crippen LogP contribution is -2.42. The van der Waals surface area contributed by atoms with E-state index in [1.165, 1.54) is 4.90 Å². The summed E-state index contributed by atoms with van der Waals surface area (Å²) in [4.78, 5) is 12.5. The standard InChI is InChI=1S/C19H32F3N5OS/c1-14(28-4)17-25-16(12-29-17)11-26(3)18(23-2)24-8-5-15-6-9-27(10-7-15)13-19(20,21)22/h12,14-15H,5-11,13H2,1-4H3,(H,23,24). The van der Waals surface area contributed by atoms with E-state index in [0.29, 0.717) is 25.6 Å². The Morgan fingerprint density at radius 2 is 2.14 bits per heavy atom. The second-order valence-corrected chi connectivity index (χ2v) is 8.40. The summed E-state index contributed by atoms with van der Waals surface area (Å²) in [7, 11) is 5.38. The zero-order valence-corrected chi connectivity index (χ0v) is 18.4. The molecule has 166 valence electrons. The van der Waals surface area contributed by atoms with Gasteiger partial charge in [-0.2, -0.15) is 13.2 Å². The summed E-state index contributed by atoms with van der Waals surface area (Å²) >= 11 is 1.59. The van der Waals surface area contributed by atoms with E-state index < -0.39 is 12.7 Å². The third kappa shape index (κ3) is 8.10. The summed E-state index contributed by atoms with van der Waals surface area (Å²) in [5.74, 6) is 1.24. The van der Waals surface area contributed by atoms with Gasteiger partial charge < -0.3 is 15.0 Å². The molecule has 1 aliphatic heterocycles. The third-order valence-electron chi connectivity index (χ3n) is 5.19. The van der Waals surface area contributed by atoms with E-state index in [1.807, 2.05) is 24.3 Å². The number of nitrogens with one attached hydrogen (secondary N) is 1. The highest BCUT2D eigenvalue weighted by atomic mass is 32.1. The van der Waals surface area contributed by atoms with E-state index in [2.05, 4.69) is 15.3 Å². The van der Waals surface area contributed by atoms with Gasteiger partial charge in [0.05, 0.1) is 18.8 Å². The first-order chi connectivity index (χ1) is 13.7. The minimum absolute atomic E-state index is 0.0148. The van der Waals surface area contributed by atoms with Gasteiger partial charge in [0, 0.05) is 33.1 Å². The van der Waals surface area contributed by atoms with Crippen LogP contribution in [0.3, 0.4) is 0 Å². The van der Waals surface area contributed by atoms with Crippen molar-refractivity contribution in [3.63, 3.8) is 0 Å². The molecule has 0 saturated carbocycles. The maximum absolute atomic E-state index is 12.5. The zero-order chi connectivity index (χ0) is 21.4. The molecule has 0 amide bonds. The van der Waals surface area contributed by atoms with Crippen LogP contribution in [-0.2, 0) is 11.3 Å². The number of aromatic nitrogens is 1. The largest absolute Gasteiger partial charge is 0.401 e. The zero-order valence-electron chi connectivity index (χ0n) is 17.6. The Hall–Kier alpha value is -1.39. The molecule has 2 rings (SSSR count). The Morgan fingerprint density at radius 3 is 2.72 bits per heavy atom. The van der Waals surface area contributed by atoms with Crippen LogP contribution in [0.2, 0.25) is 0 Å². The van der Waals surface area contributed by atoms with E-state index in [9.17, 15) is 13.2 Å². The molecule has 1 saturated heterocycles. The van der Waals surface area contributed by atoms with Gasteiger partial charge in [0.25, 0.3) is 0 Å². The number of halogens is 3. The molecular weight excluding hydrogens is 403 g/mol. The fourth-order valence-corrected chi connectivity index (χ4v) is 4.30. The minimum Gasteiger partial charge on any atom is -0.375 e. The first kappa shape index (κ1) is 23.9. The van der Waals surface area contributed by atoms with Gasteiger partial charge in [-0.25, -0.2) is 4.98 Å². The third-order valence-corrected chi connectivity index (χ3v) is 6.24. The molecule has 0 aromatic carbocycles. The lowest BCUT2D eigenvalue weighted by atomic mass is 9.93. The number of thiazole rings is 1. The highest BCUT2D eigenvalue weighted by Gasteiger charge is 2.32. The topological polar surface area (TPSA) is 53.0 Å². The van der Waals surface area contributed by atoms with Gasteiger partial charge in [0.15, 0.2) is 5.96 Å². The Bertz CT molecular complexity index is 644. The van der Waals surface area contributed by atoms with E-state index in [-0.39, 0.29) is 6.10 Å². The molecule has 2 heterocycles. The summed E-state index contributed by atoms with van der Waals surface area (Å²) in [5.41, 5.74) is 0.969. The van der Waals surface area contributed by atoms with Crippen molar-refractivity contribution in [2.75, 3.05) is 47.4 Å². The number of rotatable bonds is 8.